The molecule has 2 aromatic carbocycles. The van der Waals surface area contributed by atoms with Gasteiger partial charge in [-0.1, -0.05) is 29.4 Å². The second-order valence-corrected chi connectivity index (χ2v) is 4.26. The van der Waals surface area contributed by atoms with Gasteiger partial charge in [0.15, 0.2) is 0 Å². The Labute approximate surface area is 123 Å². The first-order valence-corrected chi connectivity index (χ1v) is 6.18. The topological polar surface area (TPSA) is 30.8 Å². The van der Waals surface area contributed by atoms with Crippen molar-refractivity contribution in [2.75, 3.05) is 0 Å². The molecule has 116 valence electrons. The van der Waals surface area contributed by atoms with E-state index in [1.54, 1.807) is 12.1 Å². The molecule has 0 aromatic heterocycles. The van der Waals surface area contributed by atoms with Crippen molar-refractivity contribution in [2.45, 2.75) is 13.0 Å². The normalized spacial score (nSPS) is 11.6. The van der Waals surface area contributed by atoms with Gasteiger partial charge < -0.3 is 9.57 Å². The molecule has 0 atom stereocenters. The fourth-order valence-corrected chi connectivity index (χ4v) is 1.63. The summed E-state index contributed by atoms with van der Waals surface area (Å²) in [5.41, 5.74) is 0.965. The van der Waals surface area contributed by atoms with Crippen LogP contribution in [0.2, 0.25) is 0 Å². The van der Waals surface area contributed by atoms with E-state index in [0.29, 0.717) is 11.1 Å². The number of hydrogen-bond donors (Lipinski definition) is 0. The first-order valence-electron chi connectivity index (χ1n) is 6.18. The van der Waals surface area contributed by atoms with Crippen LogP contribution in [0, 0.1) is 5.82 Å². The predicted molar refractivity (Wildman–Crippen MR) is 71.9 cm³/mol. The Bertz CT molecular complexity index is 656. The van der Waals surface area contributed by atoms with Gasteiger partial charge in [-0.25, -0.2) is 4.39 Å². The summed E-state index contributed by atoms with van der Waals surface area (Å²) in [6.45, 7) is -0.0408. The van der Waals surface area contributed by atoms with Crippen molar-refractivity contribution in [1.82, 2.24) is 0 Å². The minimum atomic E-state index is -4.74. The second-order valence-electron chi connectivity index (χ2n) is 4.26. The summed E-state index contributed by atoms with van der Waals surface area (Å²) in [6.07, 6.45) is -3.44. The van der Waals surface area contributed by atoms with Gasteiger partial charge in [0, 0.05) is 0 Å². The molecule has 0 radical (unpaired) electrons. The van der Waals surface area contributed by atoms with Gasteiger partial charge in [-0.3, -0.25) is 0 Å². The van der Waals surface area contributed by atoms with E-state index >= 15 is 0 Å². The lowest BCUT2D eigenvalue weighted by Gasteiger charge is -2.09. The molecule has 0 fully saturated rings. The number of benzene rings is 2. The first kappa shape index (κ1) is 15.8. The molecule has 3 nitrogen and oxygen atoms in total. The third-order valence-corrected chi connectivity index (χ3v) is 2.49. The van der Waals surface area contributed by atoms with E-state index in [-0.39, 0.29) is 12.4 Å². The van der Waals surface area contributed by atoms with E-state index in [1.807, 2.05) is 0 Å². The van der Waals surface area contributed by atoms with Crippen LogP contribution in [-0.4, -0.2) is 12.6 Å². The van der Waals surface area contributed by atoms with Crippen LogP contribution in [0.5, 0.6) is 5.75 Å². The molecule has 0 amide bonds. The molecule has 0 saturated heterocycles. The van der Waals surface area contributed by atoms with Gasteiger partial charge in [-0.05, 0) is 35.4 Å². The van der Waals surface area contributed by atoms with Crippen LogP contribution >= 0.6 is 0 Å². The minimum Gasteiger partial charge on any atom is -0.406 e. The van der Waals surface area contributed by atoms with Gasteiger partial charge in [-0.15, -0.1) is 13.2 Å². The van der Waals surface area contributed by atoms with Crippen LogP contribution in [0.3, 0.4) is 0 Å². The molecule has 0 aliphatic carbocycles. The van der Waals surface area contributed by atoms with E-state index in [9.17, 15) is 17.6 Å². The van der Waals surface area contributed by atoms with Crippen molar-refractivity contribution in [3.63, 3.8) is 0 Å². The summed E-state index contributed by atoms with van der Waals surface area (Å²) in [5, 5.41) is 3.63. The van der Waals surface area contributed by atoms with Crippen LogP contribution < -0.4 is 4.74 Å². The summed E-state index contributed by atoms with van der Waals surface area (Å²) in [4.78, 5) is 4.96. The zero-order chi connectivity index (χ0) is 16.0. The number of halogens is 4. The van der Waals surface area contributed by atoms with Crippen molar-refractivity contribution >= 4 is 6.21 Å². The van der Waals surface area contributed by atoms with Crippen molar-refractivity contribution in [1.29, 1.82) is 0 Å². The van der Waals surface area contributed by atoms with Crippen LogP contribution in [0.25, 0.3) is 0 Å². The van der Waals surface area contributed by atoms with Crippen molar-refractivity contribution in [2.24, 2.45) is 5.16 Å². The SMILES string of the molecule is Fc1cccc(C=NOCc2cccc(OC(F)(F)F)c2)c1. The summed E-state index contributed by atoms with van der Waals surface area (Å²) in [6, 6.07) is 11.1. The average Bonchev–Trinajstić information content (AvgIpc) is 2.42. The van der Waals surface area contributed by atoms with Gasteiger partial charge in [0.25, 0.3) is 0 Å². The molecule has 22 heavy (non-hydrogen) atoms. The smallest absolute Gasteiger partial charge is 0.406 e. The molecule has 0 spiro atoms. The maximum atomic E-state index is 12.9. The number of oxime groups is 1. The molecule has 0 aliphatic rings. The Hall–Kier alpha value is -2.57. The van der Waals surface area contributed by atoms with Gasteiger partial charge in [0.1, 0.15) is 18.2 Å². The zero-order valence-corrected chi connectivity index (χ0v) is 11.2. The Kier molecular flexibility index (Phi) is 4.98. The lowest BCUT2D eigenvalue weighted by Crippen LogP contribution is -2.17. The van der Waals surface area contributed by atoms with Gasteiger partial charge in [0.05, 0.1) is 6.21 Å². The first-order chi connectivity index (χ1) is 10.4. The minimum absolute atomic E-state index is 0.0408. The molecule has 0 aliphatic heterocycles. The Balaban J connectivity index is 1.90. The number of rotatable bonds is 5. The third kappa shape index (κ3) is 5.43. The molecular weight excluding hydrogens is 302 g/mol. The highest BCUT2D eigenvalue weighted by Gasteiger charge is 2.31. The number of hydrogen-bond acceptors (Lipinski definition) is 3. The average molecular weight is 313 g/mol. The summed E-state index contributed by atoms with van der Waals surface area (Å²) >= 11 is 0. The molecule has 0 saturated carbocycles. The van der Waals surface area contributed by atoms with E-state index in [1.165, 1.54) is 42.6 Å². The molecule has 7 heteroatoms. The van der Waals surface area contributed by atoms with E-state index in [2.05, 4.69) is 9.89 Å². The largest absolute Gasteiger partial charge is 0.573 e. The Morgan fingerprint density at radius 2 is 1.82 bits per heavy atom. The standard InChI is InChI=1S/C15H11F4NO2/c16-13-5-1-3-11(7-13)9-20-21-10-12-4-2-6-14(8-12)22-15(17,18)19/h1-9H,10H2. The molecule has 0 heterocycles. The van der Waals surface area contributed by atoms with Gasteiger partial charge in [0.2, 0.25) is 0 Å². The molecule has 2 rings (SSSR count). The lowest BCUT2D eigenvalue weighted by molar-refractivity contribution is -0.274. The van der Waals surface area contributed by atoms with E-state index in [4.69, 9.17) is 4.84 Å². The molecular formula is C15H11F4NO2. The van der Waals surface area contributed by atoms with Crippen LogP contribution in [0.4, 0.5) is 17.6 Å². The highest BCUT2D eigenvalue weighted by molar-refractivity contribution is 5.78. The fourth-order valence-electron chi connectivity index (χ4n) is 1.63. The van der Waals surface area contributed by atoms with Crippen molar-refractivity contribution < 1.29 is 27.1 Å². The predicted octanol–water partition coefficient (Wildman–Crippen LogP) is 4.28. The van der Waals surface area contributed by atoms with Crippen LogP contribution in [0.15, 0.2) is 53.7 Å². The molecule has 0 N–H and O–H groups in total. The van der Waals surface area contributed by atoms with Gasteiger partial charge >= 0.3 is 6.36 Å². The quantitative estimate of drug-likeness (QED) is 0.469. The summed E-state index contributed by atoms with van der Waals surface area (Å²) in [5.74, 6) is -0.733. The zero-order valence-electron chi connectivity index (χ0n) is 11.2. The molecule has 2 aromatic rings. The van der Waals surface area contributed by atoms with Crippen LogP contribution in [0.1, 0.15) is 11.1 Å². The van der Waals surface area contributed by atoms with E-state index in [0.717, 1.165) is 0 Å². The van der Waals surface area contributed by atoms with Crippen molar-refractivity contribution in [3.8, 4) is 5.75 Å². The summed E-state index contributed by atoms with van der Waals surface area (Å²) < 4.78 is 53.0. The number of alkyl halides is 3. The van der Waals surface area contributed by atoms with Gasteiger partial charge in [-0.2, -0.15) is 0 Å². The Morgan fingerprint density at radius 3 is 2.55 bits per heavy atom. The highest BCUT2D eigenvalue weighted by atomic mass is 19.4. The van der Waals surface area contributed by atoms with Crippen LogP contribution in [-0.2, 0) is 11.4 Å². The molecule has 0 unspecified atom stereocenters. The maximum absolute atomic E-state index is 12.9. The third-order valence-electron chi connectivity index (χ3n) is 2.49. The molecule has 0 bridgehead atoms. The maximum Gasteiger partial charge on any atom is 0.573 e. The number of nitrogens with zero attached hydrogens (tertiary/aromatic N) is 1. The fraction of sp³-hybridized carbons (Fsp3) is 0.133. The van der Waals surface area contributed by atoms with E-state index < -0.39 is 12.2 Å². The number of ether oxygens (including phenoxy) is 1. The monoisotopic (exact) mass is 313 g/mol. The lowest BCUT2D eigenvalue weighted by atomic mass is 10.2. The Morgan fingerprint density at radius 1 is 1.05 bits per heavy atom. The van der Waals surface area contributed by atoms with Crippen molar-refractivity contribution in [3.05, 3.63) is 65.5 Å². The highest BCUT2D eigenvalue weighted by Crippen LogP contribution is 2.23. The second kappa shape index (κ2) is 6.93. The summed E-state index contributed by atoms with van der Waals surface area (Å²) in [7, 11) is 0.